The first-order valence-electron chi connectivity index (χ1n) is 17.1. The lowest BCUT2D eigenvalue weighted by Crippen LogP contribution is -2.00. The van der Waals surface area contributed by atoms with Crippen LogP contribution in [-0.2, 0) is 0 Å². The van der Waals surface area contributed by atoms with Crippen molar-refractivity contribution in [3.05, 3.63) is 139 Å². The zero-order chi connectivity index (χ0) is 34.3. The van der Waals surface area contributed by atoms with E-state index in [1.807, 2.05) is 97.1 Å². The van der Waals surface area contributed by atoms with Gasteiger partial charge in [-0.2, -0.15) is 0 Å². The number of hydrogen-bond acceptors (Lipinski definition) is 5. The molecule has 0 radical (unpaired) electrons. The van der Waals surface area contributed by atoms with Gasteiger partial charge in [0.25, 0.3) is 0 Å². The highest BCUT2D eigenvalue weighted by molar-refractivity contribution is 6.11. The van der Waals surface area contributed by atoms with Crippen LogP contribution in [0.2, 0.25) is 0 Å². The van der Waals surface area contributed by atoms with Gasteiger partial charge >= 0.3 is 0 Å². The molecule has 0 atom stereocenters. The molecule has 3 aromatic heterocycles. The van der Waals surface area contributed by atoms with Crippen molar-refractivity contribution in [2.24, 2.45) is 0 Å². The van der Waals surface area contributed by atoms with Gasteiger partial charge in [0.1, 0.15) is 22.3 Å². The van der Waals surface area contributed by atoms with Crippen LogP contribution in [0.5, 0.6) is 0 Å². The van der Waals surface area contributed by atoms with Gasteiger partial charge in [0.05, 0.1) is 8.22 Å². The van der Waals surface area contributed by atoms with Crippen molar-refractivity contribution in [1.29, 1.82) is 0 Å². The quantitative estimate of drug-likeness (QED) is 0.210. The van der Waals surface area contributed by atoms with Crippen molar-refractivity contribution >= 4 is 43.9 Å². The summed E-state index contributed by atoms with van der Waals surface area (Å²) in [6.45, 7) is 0. The molecule has 206 valence electrons. The minimum Gasteiger partial charge on any atom is -0.456 e. The Labute approximate surface area is 260 Å². The lowest BCUT2D eigenvalue weighted by atomic mass is 10.00. The Kier molecular flexibility index (Phi) is 4.25. The Balaban J connectivity index is 1.32. The Bertz CT molecular complexity index is 2780. The molecule has 0 aliphatic carbocycles. The molecule has 0 spiro atoms. The zero-order valence-electron chi connectivity index (χ0n) is 29.0. The fraction of sp³-hybridized carbons (Fsp3) is 0. The van der Waals surface area contributed by atoms with E-state index in [0.717, 1.165) is 10.8 Å². The van der Waals surface area contributed by atoms with E-state index in [1.54, 1.807) is 6.07 Å². The minimum absolute atomic E-state index is 0.0131. The molecule has 9 aromatic rings. The zero-order valence-corrected chi connectivity index (χ0v) is 23.0. The van der Waals surface area contributed by atoms with Crippen LogP contribution in [0.3, 0.4) is 0 Å². The Hall–Kier alpha value is -6.07. The summed E-state index contributed by atoms with van der Waals surface area (Å²) < 4.78 is 67.4. The van der Waals surface area contributed by atoms with Crippen molar-refractivity contribution in [2.75, 3.05) is 0 Å². The van der Waals surface area contributed by atoms with E-state index in [0.29, 0.717) is 39.5 Å². The molecular weight excluding hydrogens is 542 g/mol. The van der Waals surface area contributed by atoms with E-state index in [1.165, 1.54) is 0 Å². The molecule has 0 aliphatic heterocycles. The van der Waals surface area contributed by atoms with E-state index in [-0.39, 0.29) is 75.1 Å². The number of fused-ring (bicyclic) bond motifs is 6. The van der Waals surface area contributed by atoms with Crippen molar-refractivity contribution in [2.45, 2.75) is 0 Å². The summed E-state index contributed by atoms with van der Waals surface area (Å²) in [5, 5.41) is 1.80. The molecule has 5 nitrogen and oxygen atoms in total. The van der Waals surface area contributed by atoms with Crippen LogP contribution in [-0.4, -0.2) is 15.0 Å². The molecule has 9 rings (SSSR count). The average Bonchev–Trinajstić information content (AvgIpc) is 3.75. The van der Waals surface area contributed by atoms with Crippen LogP contribution in [0.1, 0.15) is 8.22 Å². The van der Waals surface area contributed by atoms with Gasteiger partial charge < -0.3 is 8.83 Å². The predicted molar refractivity (Wildman–Crippen MR) is 176 cm³/mol. The average molecular weight is 572 g/mol. The second kappa shape index (κ2) is 9.75. The normalized spacial score (nSPS) is 13.5. The number of nitrogens with zero attached hydrogens (tertiary/aromatic N) is 3. The van der Waals surface area contributed by atoms with Crippen LogP contribution in [0.4, 0.5) is 0 Å². The van der Waals surface area contributed by atoms with E-state index >= 15 is 0 Å². The number of aromatic nitrogens is 3. The van der Waals surface area contributed by atoms with Crippen LogP contribution < -0.4 is 0 Å². The van der Waals surface area contributed by atoms with Crippen LogP contribution in [0.25, 0.3) is 89.2 Å². The molecule has 44 heavy (non-hydrogen) atoms. The summed E-state index contributed by atoms with van der Waals surface area (Å²) in [7, 11) is 0. The molecule has 0 amide bonds. The lowest BCUT2D eigenvalue weighted by Gasteiger charge is -2.08. The first kappa shape index (κ1) is 19.2. The molecule has 0 unspecified atom stereocenters. The van der Waals surface area contributed by atoms with Crippen LogP contribution >= 0.6 is 0 Å². The first-order chi connectivity index (χ1) is 24.3. The summed E-state index contributed by atoms with van der Waals surface area (Å²) >= 11 is 0. The standard InChI is InChI=1S/C39H23N3O2/c1-3-10-24(11-4-1)37-40-38(25-12-5-2-6-13-25)42-39(41-37)27-18-20-30-32-22-26(19-21-34(32)43-35(30)23-27)28-15-9-16-31-29-14-7-8-17-33(29)44-36(28)31/h1-23H/i18D,19D,20D,21D,22D,23D. The maximum atomic E-state index is 9.38. The van der Waals surface area contributed by atoms with Gasteiger partial charge in [0, 0.05) is 43.8 Å². The molecule has 0 aliphatic rings. The molecule has 0 saturated carbocycles. The SMILES string of the molecule is [2H]c1c(-c2cccc3c2oc2ccccc23)c([2H])c2c(oc3c([2H])c(-c4nc(-c5ccccc5)nc(-c5ccccc5)n4)c([2H])c([2H])c32)c1[2H]. The van der Waals surface area contributed by atoms with Crippen LogP contribution in [0.15, 0.2) is 148 Å². The summed E-state index contributed by atoms with van der Waals surface area (Å²) in [5.74, 6) is 0.670. The predicted octanol–water partition coefficient (Wildman–Crippen LogP) is 10.3. The van der Waals surface area contributed by atoms with E-state index < -0.39 is 0 Å². The Morgan fingerprint density at radius 3 is 1.80 bits per heavy atom. The van der Waals surface area contributed by atoms with Crippen molar-refractivity contribution in [3.63, 3.8) is 0 Å². The molecule has 0 N–H and O–H groups in total. The summed E-state index contributed by atoms with van der Waals surface area (Å²) in [6, 6.07) is 29.9. The van der Waals surface area contributed by atoms with E-state index in [2.05, 4.69) is 9.97 Å². The fourth-order valence-corrected chi connectivity index (χ4v) is 5.50. The molecule has 6 aromatic carbocycles. The van der Waals surface area contributed by atoms with Crippen LogP contribution in [0, 0.1) is 0 Å². The lowest BCUT2D eigenvalue weighted by molar-refractivity contribution is 0.668. The van der Waals surface area contributed by atoms with Gasteiger partial charge in [-0.3, -0.25) is 0 Å². The van der Waals surface area contributed by atoms with Crippen molar-refractivity contribution in [3.8, 4) is 45.3 Å². The highest BCUT2D eigenvalue weighted by Crippen LogP contribution is 2.39. The molecule has 3 heterocycles. The third-order valence-corrected chi connectivity index (χ3v) is 7.61. The largest absolute Gasteiger partial charge is 0.456 e. The van der Waals surface area contributed by atoms with E-state index in [9.17, 15) is 4.11 Å². The van der Waals surface area contributed by atoms with Gasteiger partial charge in [-0.05, 0) is 35.8 Å². The maximum Gasteiger partial charge on any atom is 0.164 e. The van der Waals surface area contributed by atoms with Crippen molar-refractivity contribution in [1.82, 2.24) is 15.0 Å². The highest BCUT2D eigenvalue weighted by Gasteiger charge is 2.16. The third kappa shape index (κ3) is 3.98. The summed E-state index contributed by atoms with van der Waals surface area (Å²) in [6.07, 6.45) is 0. The maximum absolute atomic E-state index is 9.38. The topological polar surface area (TPSA) is 65.0 Å². The molecule has 5 heteroatoms. The number of rotatable bonds is 4. The van der Waals surface area contributed by atoms with Gasteiger partial charge in [0.15, 0.2) is 17.5 Å². The number of hydrogen-bond donors (Lipinski definition) is 0. The van der Waals surface area contributed by atoms with Gasteiger partial charge in [-0.25, -0.2) is 15.0 Å². The second-order valence-electron chi connectivity index (χ2n) is 10.3. The first-order valence-corrected chi connectivity index (χ1v) is 14.1. The molecule has 0 fully saturated rings. The number of furan rings is 2. The number of benzene rings is 6. The third-order valence-electron chi connectivity index (χ3n) is 7.61. The van der Waals surface area contributed by atoms with Gasteiger partial charge in [-0.1, -0.05) is 109 Å². The number of para-hydroxylation sites is 2. The second-order valence-corrected chi connectivity index (χ2v) is 10.3. The van der Waals surface area contributed by atoms with Crippen molar-refractivity contribution < 1.29 is 17.1 Å². The Morgan fingerprint density at radius 2 is 1.05 bits per heavy atom. The fourth-order valence-electron chi connectivity index (χ4n) is 5.50. The highest BCUT2D eigenvalue weighted by atomic mass is 16.3. The summed E-state index contributed by atoms with van der Waals surface area (Å²) in [4.78, 5) is 14.0. The van der Waals surface area contributed by atoms with Gasteiger partial charge in [-0.15, -0.1) is 0 Å². The monoisotopic (exact) mass is 571 g/mol. The molecule has 0 saturated heterocycles. The smallest absolute Gasteiger partial charge is 0.164 e. The minimum atomic E-state index is -0.337. The summed E-state index contributed by atoms with van der Waals surface area (Å²) in [5.41, 5.74) is 2.85. The molecular formula is C39H23N3O2. The van der Waals surface area contributed by atoms with Gasteiger partial charge in [0.2, 0.25) is 0 Å². The Morgan fingerprint density at radius 1 is 0.409 bits per heavy atom. The molecule has 0 bridgehead atoms. The van der Waals surface area contributed by atoms with E-state index in [4.69, 9.17) is 17.9 Å².